The van der Waals surface area contributed by atoms with Gasteiger partial charge in [-0.3, -0.25) is 14.6 Å². The number of H-pyrrole nitrogens is 1. The maximum absolute atomic E-state index is 12.8. The lowest BCUT2D eigenvalue weighted by Gasteiger charge is -2.20. The third-order valence-corrected chi connectivity index (χ3v) is 6.62. The third-order valence-electron chi connectivity index (χ3n) is 6.62. The van der Waals surface area contributed by atoms with Crippen LogP contribution in [0.1, 0.15) is 52.7 Å². The minimum absolute atomic E-state index is 0.0695. The Kier molecular flexibility index (Phi) is 4.85. The molecule has 1 amide bonds. The van der Waals surface area contributed by atoms with Crippen LogP contribution in [-0.4, -0.2) is 22.4 Å². The molecule has 0 radical (unpaired) electrons. The average Bonchev–Trinajstić information content (AvgIpc) is 3.34. The lowest BCUT2D eigenvalue weighted by Crippen LogP contribution is -2.25. The second-order valence-corrected chi connectivity index (χ2v) is 8.58. The Hall–Kier alpha value is -3.41. The summed E-state index contributed by atoms with van der Waals surface area (Å²) < 4.78 is 0. The molecule has 2 aliphatic rings. The van der Waals surface area contributed by atoms with Gasteiger partial charge in [0, 0.05) is 30.6 Å². The van der Waals surface area contributed by atoms with Crippen molar-refractivity contribution in [3.8, 4) is 0 Å². The van der Waals surface area contributed by atoms with Crippen LogP contribution in [0.4, 0.5) is 11.6 Å². The fourth-order valence-corrected chi connectivity index (χ4v) is 4.79. The first-order valence-electron chi connectivity index (χ1n) is 10.8. The molecule has 1 aliphatic carbocycles. The number of anilines is 2. The highest BCUT2D eigenvalue weighted by atomic mass is 16.2. The Labute approximate surface area is 181 Å². The van der Waals surface area contributed by atoms with Crippen LogP contribution in [0.25, 0.3) is 0 Å². The van der Waals surface area contributed by atoms with E-state index >= 15 is 0 Å². The van der Waals surface area contributed by atoms with Crippen LogP contribution in [0.15, 0.2) is 53.3 Å². The molecule has 1 fully saturated rings. The van der Waals surface area contributed by atoms with Gasteiger partial charge in [0.05, 0.1) is 11.7 Å². The summed E-state index contributed by atoms with van der Waals surface area (Å²) in [5.74, 6) is 0.438. The van der Waals surface area contributed by atoms with Crippen LogP contribution in [0.5, 0.6) is 0 Å². The highest BCUT2D eigenvalue weighted by Gasteiger charge is 2.34. The summed E-state index contributed by atoms with van der Waals surface area (Å²) in [7, 11) is 0. The molecule has 1 aromatic heterocycles. The second-order valence-electron chi connectivity index (χ2n) is 8.58. The number of aromatic amines is 1. The number of carbonyl (C=O) groups excluding carboxylic acids is 1. The molecular formula is C25H26N4O2. The Morgan fingerprint density at radius 2 is 1.94 bits per heavy atom. The number of hydrogen-bond donors (Lipinski definition) is 2. The smallest absolute Gasteiger partial charge is 0.252 e. The van der Waals surface area contributed by atoms with Gasteiger partial charge in [-0.05, 0) is 55.0 Å². The number of nitrogens with zero attached hydrogens (tertiary/aromatic N) is 2. The average molecular weight is 415 g/mol. The van der Waals surface area contributed by atoms with Crippen molar-refractivity contribution in [2.45, 2.75) is 45.1 Å². The van der Waals surface area contributed by atoms with Crippen LogP contribution in [-0.2, 0) is 11.2 Å². The van der Waals surface area contributed by atoms with E-state index in [1.165, 1.54) is 17.2 Å². The minimum Gasteiger partial charge on any atom is -0.349 e. The van der Waals surface area contributed by atoms with Crippen molar-refractivity contribution >= 4 is 17.5 Å². The number of benzene rings is 2. The maximum Gasteiger partial charge on any atom is 0.252 e. The number of hydrogen-bond acceptors (Lipinski definition) is 4. The molecule has 6 heteroatoms. The van der Waals surface area contributed by atoms with E-state index in [4.69, 9.17) is 4.98 Å². The molecule has 6 nitrogen and oxygen atoms in total. The van der Waals surface area contributed by atoms with E-state index in [9.17, 15) is 9.59 Å². The van der Waals surface area contributed by atoms with Crippen molar-refractivity contribution in [3.05, 3.63) is 86.8 Å². The van der Waals surface area contributed by atoms with E-state index in [1.54, 1.807) is 0 Å². The molecule has 2 aromatic carbocycles. The van der Waals surface area contributed by atoms with Gasteiger partial charge in [-0.1, -0.05) is 36.4 Å². The Balaban J connectivity index is 1.39. The molecule has 31 heavy (non-hydrogen) atoms. The summed E-state index contributed by atoms with van der Waals surface area (Å²) >= 11 is 0. The van der Waals surface area contributed by atoms with E-state index in [1.807, 2.05) is 43.0 Å². The van der Waals surface area contributed by atoms with Gasteiger partial charge in [0.2, 0.25) is 11.9 Å². The van der Waals surface area contributed by atoms with Crippen molar-refractivity contribution in [1.29, 1.82) is 0 Å². The zero-order valence-electron chi connectivity index (χ0n) is 17.8. The third kappa shape index (κ3) is 3.63. The molecule has 3 aromatic rings. The lowest BCUT2D eigenvalue weighted by atomic mass is 10.0. The van der Waals surface area contributed by atoms with E-state index in [-0.39, 0.29) is 23.4 Å². The summed E-state index contributed by atoms with van der Waals surface area (Å²) in [5, 5.41) is 3.41. The highest BCUT2D eigenvalue weighted by molar-refractivity contribution is 5.97. The van der Waals surface area contributed by atoms with Crippen LogP contribution < -0.4 is 15.8 Å². The van der Waals surface area contributed by atoms with Crippen LogP contribution >= 0.6 is 0 Å². The quantitative estimate of drug-likeness (QED) is 0.676. The van der Waals surface area contributed by atoms with Gasteiger partial charge in [-0.25, -0.2) is 4.98 Å². The monoisotopic (exact) mass is 414 g/mol. The lowest BCUT2D eigenvalue weighted by molar-refractivity contribution is -0.117. The van der Waals surface area contributed by atoms with Crippen molar-refractivity contribution in [2.75, 3.05) is 16.8 Å². The van der Waals surface area contributed by atoms with Gasteiger partial charge in [-0.2, -0.15) is 0 Å². The van der Waals surface area contributed by atoms with Crippen molar-refractivity contribution in [1.82, 2.24) is 9.97 Å². The summed E-state index contributed by atoms with van der Waals surface area (Å²) in [6, 6.07) is 16.0. The van der Waals surface area contributed by atoms with E-state index in [0.29, 0.717) is 24.6 Å². The normalized spacial score (nSPS) is 20.2. The van der Waals surface area contributed by atoms with Crippen LogP contribution in [0.3, 0.4) is 0 Å². The van der Waals surface area contributed by atoms with Crippen molar-refractivity contribution < 1.29 is 4.79 Å². The van der Waals surface area contributed by atoms with Gasteiger partial charge in [0.15, 0.2) is 0 Å². The largest absolute Gasteiger partial charge is 0.349 e. The molecule has 158 valence electrons. The van der Waals surface area contributed by atoms with Gasteiger partial charge < -0.3 is 10.2 Å². The Morgan fingerprint density at radius 1 is 1.10 bits per heavy atom. The van der Waals surface area contributed by atoms with Gasteiger partial charge in [-0.15, -0.1) is 0 Å². The number of aromatic nitrogens is 2. The molecule has 0 spiro atoms. The van der Waals surface area contributed by atoms with E-state index < -0.39 is 0 Å². The van der Waals surface area contributed by atoms with Crippen LogP contribution in [0.2, 0.25) is 0 Å². The molecule has 1 saturated heterocycles. The molecule has 2 atom stereocenters. The molecule has 0 saturated carbocycles. The number of nitrogens with one attached hydrogen (secondary N) is 2. The molecular weight excluding hydrogens is 388 g/mol. The number of fused-ring (bicyclic) bond motifs is 1. The zero-order chi connectivity index (χ0) is 21.5. The molecule has 2 heterocycles. The summed E-state index contributed by atoms with van der Waals surface area (Å²) in [6.07, 6.45) is 2.34. The maximum atomic E-state index is 12.8. The first-order chi connectivity index (χ1) is 15.0. The minimum atomic E-state index is -0.198. The fraction of sp³-hybridized carbons (Fsp3) is 0.320. The topological polar surface area (TPSA) is 78.1 Å². The van der Waals surface area contributed by atoms with E-state index in [0.717, 1.165) is 29.7 Å². The number of aryl methyl sites for hydroxylation is 2. The molecule has 2 unspecified atom stereocenters. The standard InChI is InChI=1S/C25H26N4O2/c1-15-6-5-9-22(16(15)2)29-14-18(12-24(29)31)21-13-23(30)28-25(27-21)26-20-11-10-17-7-3-4-8-19(17)20/h3-9,13,18,20H,10-12,14H2,1-2H3,(H2,26,27,28,30). The van der Waals surface area contributed by atoms with Crippen molar-refractivity contribution in [2.24, 2.45) is 0 Å². The van der Waals surface area contributed by atoms with Gasteiger partial charge in [0.25, 0.3) is 5.56 Å². The number of amides is 1. The molecule has 1 aliphatic heterocycles. The number of carbonyl (C=O) groups is 1. The molecule has 0 bridgehead atoms. The Bertz CT molecular complexity index is 1220. The van der Waals surface area contributed by atoms with Gasteiger partial charge in [0.1, 0.15) is 0 Å². The SMILES string of the molecule is Cc1cccc(N2CC(c3cc(=O)[nH]c(NC4CCc5ccccc54)n3)CC2=O)c1C. The fourth-order valence-electron chi connectivity index (χ4n) is 4.79. The Morgan fingerprint density at radius 3 is 2.81 bits per heavy atom. The first-order valence-corrected chi connectivity index (χ1v) is 10.8. The van der Waals surface area contributed by atoms with Gasteiger partial charge >= 0.3 is 0 Å². The van der Waals surface area contributed by atoms with Crippen LogP contribution in [0, 0.1) is 13.8 Å². The predicted octanol–water partition coefficient (Wildman–Crippen LogP) is 4.01. The highest BCUT2D eigenvalue weighted by Crippen LogP contribution is 2.35. The van der Waals surface area contributed by atoms with E-state index in [2.05, 4.69) is 28.5 Å². The first kappa shape index (κ1) is 19.5. The summed E-state index contributed by atoms with van der Waals surface area (Å²) in [6.45, 7) is 4.62. The zero-order valence-corrected chi connectivity index (χ0v) is 17.8. The predicted molar refractivity (Wildman–Crippen MR) is 122 cm³/mol. The molecule has 5 rings (SSSR count). The van der Waals surface area contributed by atoms with Crippen molar-refractivity contribution in [3.63, 3.8) is 0 Å². The second kappa shape index (κ2) is 7.69. The number of rotatable bonds is 4. The summed E-state index contributed by atoms with van der Waals surface area (Å²) in [5.41, 5.74) is 6.27. The summed E-state index contributed by atoms with van der Waals surface area (Å²) in [4.78, 5) is 34.6. The molecule has 2 N–H and O–H groups in total.